The van der Waals surface area contributed by atoms with Crippen molar-refractivity contribution in [3.05, 3.63) is 51.6 Å². The van der Waals surface area contributed by atoms with E-state index in [9.17, 15) is 9.59 Å². The Morgan fingerprint density at radius 2 is 2.28 bits per heavy atom. The van der Waals surface area contributed by atoms with Crippen molar-refractivity contribution >= 4 is 11.9 Å². The normalized spacial score (nSPS) is 14.8. The first-order valence-electron chi connectivity index (χ1n) is 8.24. The number of aldehydes is 1. The second-order valence-corrected chi connectivity index (χ2v) is 6.13. The number of carbonyl (C=O) groups excluding carboxylic acids is 1. The highest BCUT2D eigenvalue weighted by molar-refractivity contribution is 5.77. The van der Waals surface area contributed by atoms with E-state index >= 15 is 0 Å². The van der Waals surface area contributed by atoms with Gasteiger partial charge in [0.25, 0.3) is 0 Å². The van der Waals surface area contributed by atoms with E-state index in [2.05, 4.69) is 23.9 Å². The summed E-state index contributed by atoms with van der Waals surface area (Å²) < 4.78 is 13.3. The maximum atomic E-state index is 11.7. The second kappa shape index (κ2) is 7.48. The summed E-state index contributed by atoms with van der Waals surface area (Å²) in [7, 11) is 0. The molecule has 0 spiro atoms. The predicted octanol–water partition coefficient (Wildman–Crippen LogP) is 2.22. The molecule has 0 saturated carbocycles. The van der Waals surface area contributed by atoms with Gasteiger partial charge in [-0.1, -0.05) is 0 Å². The number of hydrogen-bond acceptors (Lipinski definition) is 5. The van der Waals surface area contributed by atoms with Crippen LogP contribution < -0.4 is 10.2 Å². The van der Waals surface area contributed by atoms with Gasteiger partial charge >= 0.3 is 0 Å². The molecule has 7 nitrogen and oxygen atoms in total. The van der Waals surface area contributed by atoms with Crippen molar-refractivity contribution in [3.63, 3.8) is 0 Å². The number of carbonyl (C=O) groups is 1. The fraction of sp³-hybridized carbons (Fsp3) is 0.389. The lowest BCUT2D eigenvalue weighted by atomic mass is 10.0. The van der Waals surface area contributed by atoms with Gasteiger partial charge in [-0.05, 0) is 31.9 Å². The van der Waals surface area contributed by atoms with Crippen molar-refractivity contribution < 1.29 is 14.3 Å². The third kappa shape index (κ3) is 3.56. The molecule has 3 rings (SSSR count). The van der Waals surface area contributed by atoms with E-state index in [1.54, 1.807) is 6.20 Å². The zero-order valence-electron chi connectivity index (χ0n) is 14.3. The van der Waals surface area contributed by atoms with Gasteiger partial charge in [-0.2, -0.15) is 5.10 Å². The van der Waals surface area contributed by atoms with Crippen LogP contribution in [-0.2, 0) is 4.74 Å². The van der Waals surface area contributed by atoms with Gasteiger partial charge in [-0.3, -0.25) is 14.3 Å². The second-order valence-electron chi connectivity index (χ2n) is 6.13. The van der Waals surface area contributed by atoms with Gasteiger partial charge in [-0.15, -0.1) is 0 Å². The third-order valence-corrected chi connectivity index (χ3v) is 4.16. The molecule has 0 aromatic carbocycles. The summed E-state index contributed by atoms with van der Waals surface area (Å²) in [6.45, 7) is 5.53. The molecule has 2 aromatic rings. The maximum absolute atomic E-state index is 11.7. The van der Waals surface area contributed by atoms with E-state index in [0.29, 0.717) is 19.5 Å². The molecule has 0 aliphatic carbocycles. The summed E-state index contributed by atoms with van der Waals surface area (Å²) in [4.78, 5) is 25.7. The van der Waals surface area contributed by atoms with Crippen LogP contribution in [0.3, 0.4) is 0 Å². The van der Waals surface area contributed by atoms with Gasteiger partial charge < -0.3 is 14.5 Å². The van der Waals surface area contributed by atoms with Crippen LogP contribution in [0.5, 0.6) is 5.88 Å². The van der Waals surface area contributed by atoms with E-state index < -0.39 is 0 Å². The summed E-state index contributed by atoms with van der Waals surface area (Å²) in [5, 5.41) is 4.37. The predicted molar refractivity (Wildman–Crippen MR) is 92.9 cm³/mol. The van der Waals surface area contributed by atoms with Crippen LogP contribution in [0.15, 0.2) is 34.9 Å². The smallest absolute Gasteiger partial charge is 0.205 e. The van der Waals surface area contributed by atoms with E-state index in [-0.39, 0.29) is 29.5 Å². The SMILES string of the molecule is CC(C)n1nccc1C1=C(COc2[nH]ccc(=O)c2C=O)CCOC1. The van der Waals surface area contributed by atoms with Gasteiger partial charge in [0.1, 0.15) is 12.2 Å². The first kappa shape index (κ1) is 17.2. The van der Waals surface area contributed by atoms with E-state index in [1.165, 1.54) is 12.3 Å². The van der Waals surface area contributed by atoms with Gasteiger partial charge in [0.05, 0.1) is 18.9 Å². The summed E-state index contributed by atoms with van der Waals surface area (Å²) in [5.74, 6) is 0.193. The Kier molecular flexibility index (Phi) is 5.14. The largest absolute Gasteiger partial charge is 0.474 e. The zero-order chi connectivity index (χ0) is 17.8. The van der Waals surface area contributed by atoms with Gasteiger partial charge in [0.2, 0.25) is 5.88 Å². The average molecular weight is 343 g/mol. The molecule has 7 heteroatoms. The molecule has 2 aromatic heterocycles. The average Bonchev–Trinajstić information content (AvgIpc) is 3.10. The monoisotopic (exact) mass is 343 g/mol. The number of hydrogen-bond donors (Lipinski definition) is 1. The number of nitrogens with zero attached hydrogens (tertiary/aromatic N) is 2. The molecule has 132 valence electrons. The van der Waals surface area contributed by atoms with Crippen LogP contribution in [0.1, 0.15) is 42.4 Å². The molecule has 3 heterocycles. The van der Waals surface area contributed by atoms with E-state index in [1.807, 2.05) is 10.7 Å². The maximum Gasteiger partial charge on any atom is 0.205 e. The number of H-pyrrole nitrogens is 1. The zero-order valence-corrected chi connectivity index (χ0v) is 14.3. The van der Waals surface area contributed by atoms with Crippen LogP contribution in [0.4, 0.5) is 0 Å². The first-order chi connectivity index (χ1) is 12.1. The minimum absolute atomic E-state index is 0.00364. The third-order valence-electron chi connectivity index (χ3n) is 4.16. The van der Waals surface area contributed by atoms with E-state index in [4.69, 9.17) is 9.47 Å². The number of aromatic amines is 1. The summed E-state index contributed by atoms with van der Waals surface area (Å²) in [5.41, 5.74) is 2.77. The topological polar surface area (TPSA) is 86.2 Å². The Hall–Kier alpha value is -2.67. The van der Waals surface area contributed by atoms with Crippen molar-refractivity contribution in [3.8, 4) is 5.88 Å². The van der Waals surface area contributed by atoms with Crippen molar-refractivity contribution in [2.24, 2.45) is 0 Å². The number of nitrogens with one attached hydrogen (secondary N) is 1. The Labute approximate surface area is 145 Å². The molecule has 0 radical (unpaired) electrons. The van der Waals surface area contributed by atoms with Crippen LogP contribution in [0, 0.1) is 0 Å². The van der Waals surface area contributed by atoms with Gasteiger partial charge in [0, 0.05) is 30.1 Å². The molecule has 1 aliphatic heterocycles. The molecule has 0 amide bonds. The van der Waals surface area contributed by atoms with Crippen molar-refractivity contribution in [2.45, 2.75) is 26.3 Å². The summed E-state index contributed by atoms with van der Waals surface area (Å²) in [6, 6.07) is 3.50. The fourth-order valence-electron chi connectivity index (χ4n) is 2.86. The Morgan fingerprint density at radius 1 is 1.44 bits per heavy atom. The van der Waals surface area contributed by atoms with Crippen molar-refractivity contribution in [2.75, 3.05) is 19.8 Å². The minimum Gasteiger partial charge on any atom is -0.474 e. The molecule has 1 N–H and O–H groups in total. The van der Waals surface area contributed by atoms with Crippen LogP contribution in [0.25, 0.3) is 5.57 Å². The first-order valence-corrected chi connectivity index (χ1v) is 8.24. The Balaban J connectivity index is 1.90. The van der Waals surface area contributed by atoms with Gasteiger partial charge in [-0.25, -0.2) is 0 Å². The quantitative estimate of drug-likeness (QED) is 0.813. The summed E-state index contributed by atoms with van der Waals surface area (Å²) >= 11 is 0. The Bertz CT molecular complexity index is 848. The lowest BCUT2D eigenvalue weighted by Crippen LogP contribution is -2.19. The fourth-order valence-corrected chi connectivity index (χ4v) is 2.86. The lowest BCUT2D eigenvalue weighted by Gasteiger charge is -2.23. The number of aromatic nitrogens is 3. The highest BCUT2D eigenvalue weighted by Crippen LogP contribution is 2.27. The number of pyridine rings is 1. The molecule has 0 bridgehead atoms. The molecule has 25 heavy (non-hydrogen) atoms. The van der Waals surface area contributed by atoms with Crippen LogP contribution in [0.2, 0.25) is 0 Å². The van der Waals surface area contributed by atoms with Crippen LogP contribution in [-0.4, -0.2) is 40.9 Å². The highest BCUT2D eigenvalue weighted by Gasteiger charge is 2.20. The minimum atomic E-state index is -0.359. The molecule has 0 saturated heterocycles. The lowest BCUT2D eigenvalue weighted by molar-refractivity contribution is 0.111. The van der Waals surface area contributed by atoms with Crippen molar-refractivity contribution in [1.82, 2.24) is 14.8 Å². The number of rotatable bonds is 6. The van der Waals surface area contributed by atoms with Gasteiger partial charge in [0.15, 0.2) is 11.7 Å². The molecular formula is C18H21N3O4. The molecule has 0 atom stereocenters. The molecular weight excluding hydrogens is 322 g/mol. The molecule has 1 aliphatic rings. The highest BCUT2D eigenvalue weighted by atomic mass is 16.5. The Morgan fingerprint density at radius 3 is 3.04 bits per heavy atom. The molecule has 0 unspecified atom stereocenters. The summed E-state index contributed by atoms with van der Waals surface area (Å²) in [6.07, 6.45) is 4.49. The van der Waals surface area contributed by atoms with Crippen molar-refractivity contribution in [1.29, 1.82) is 0 Å². The van der Waals surface area contributed by atoms with Crippen LogP contribution >= 0.6 is 0 Å². The number of ether oxygens (including phenoxy) is 2. The van der Waals surface area contributed by atoms with E-state index in [0.717, 1.165) is 23.3 Å². The molecule has 0 fully saturated rings. The standard InChI is InChI=1S/C18H21N3O4/c1-12(2)21-16(3-7-20-21)15-11-24-8-5-13(15)10-25-18-14(9-22)17(23)4-6-19-18/h3-4,6-7,9,12H,5,8,10-11H2,1-2H3,(H,19,23).